The number of carbonyl (C=O) groups excluding carboxylic acids is 1. The Morgan fingerprint density at radius 1 is 1.32 bits per heavy atom. The zero-order valence-electron chi connectivity index (χ0n) is 11.2. The van der Waals surface area contributed by atoms with E-state index in [1.807, 2.05) is 6.92 Å². The normalized spacial score (nSPS) is 13.9. The van der Waals surface area contributed by atoms with E-state index in [0.717, 1.165) is 0 Å². The van der Waals surface area contributed by atoms with E-state index < -0.39 is 11.6 Å². The second kappa shape index (κ2) is 7.19. The van der Waals surface area contributed by atoms with Crippen LogP contribution in [0.25, 0.3) is 0 Å². The van der Waals surface area contributed by atoms with E-state index in [9.17, 15) is 13.6 Å². The molecule has 0 spiro atoms. The van der Waals surface area contributed by atoms with Crippen LogP contribution in [0.15, 0.2) is 18.2 Å². The molecule has 1 amide bonds. The Bertz CT molecular complexity index is 417. The molecule has 0 aromatic heterocycles. The topological polar surface area (TPSA) is 55.1 Å². The van der Waals surface area contributed by atoms with Crippen LogP contribution < -0.4 is 11.1 Å². The summed E-state index contributed by atoms with van der Waals surface area (Å²) in [5.74, 6) is -1.23. The maximum absolute atomic E-state index is 13.4. The van der Waals surface area contributed by atoms with Crippen LogP contribution >= 0.6 is 0 Å². The average molecular weight is 270 g/mol. The molecular formula is C14H20F2N2O. The molecule has 1 aromatic rings. The van der Waals surface area contributed by atoms with Gasteiger partial charge in [0.15, 0.2) is 0 Å². The molecule has 0 fully saturated rings. The molecule has 2 unspecified atom stereocenters. The van der Waals surface area contributed by atoms with E-state index >= 15 is 0 Å². The lowest BCUT2D eigenvalue weighted by atomic mass is 10.0. The number of nitrogens with two attached hydrogens (primary N) is 1. The first-order valence-corrected chi connectivity index (χ1v) is 6.36. The predicted octanol–water partition coefficient (Wildman–Crippen LogP) is 2.00. The molecule has 1 rings (SSSR count). The number of halogens is 2. The minimum Gasteiger partial charge on any atom is -0.353 e. The van der Waals surface area contributed by atoms with Gasteiger partial charge in [-0.25, -0.2) is 8.78 Å². The van der Waals surface area contributed by atoms with Gasteiger partial charge in [-0.1, -0.05) is 13.0 Å². The SMILES string of the molecule is CC(CN)CC(=O)NC(C)Cc1c(F)cccc1F. The van der Waals surface area contributed by atoms with Crippen LogP contribution in [-0.4, -0.2) is 18.5 Å². The standard InChI is InChI=1S/C14H20F2N2O/c1-9(8-17)6-14(19)18-10(2)7-11-12(15)4-3-5-13(11)16/h3-5,9-10H,6-8,17H2,1-2H3,(H,18,19). The second-order valence-corrected chi connectivity index (χ2v) is 4.92. The fourth-order valence-electron chi connectivity index (χ4n) is 1.82. The summed E-state index contributed by atoms with van der Waals surface area (Å²) in [6.45, 7) is 4.03. The minimum atomic E-state index is -0.587. The van der Waals surface area contributed by atoms with Crippen LogP contribution in [-0.2, 0) is 11.2 Å². The molecule has 3 N–H and O–H groups in total. The van der Waals surface area contributed by atoms with Gasteiger partial charge in [0, 0.05) is 18.0 Å². The van der Waals surface area contributed by atoms with Crippen molar-refractivity contribution < 1.29 is 13.6 Å². The summed E-state index contributed by atoms with van der Waals surface area (Å²) in [5, 5.41) is 2.72. The van der Waals surface area contributed by atoms with E-state index in [0.29, 0.717) is 13.0 Å². The second-order valence-electron chi connectivity index (χ2n) is 4.92. The molecule has 106 valence electrons. The number of amides is 1. The number of rotatable bonds is 6. The van der Waals surface area contributed by atoms with Crippen molar-refractivity contribution in [1.82, 2.24) is 5.32 Å². The van der Waals surface area contributed by atoms with Gasteiger partial charge in [-0.3, -0.25) is 4.79 Å². The fraction of sp³-hybridized carbons (Fsp3) is 0.500. The molecular weight excluding hydrogens is 250 g/mol. The van der Waals surface area contributed by atoms with Crippen molar-refractivity contribution in [2.24, 2.45) is 11.7 Å². The summed E-state index contributed by atoms with van der Waals surface area (Å²) in [5.41, 5.74) is 5.44. The molecule has 0 bridgehead atoms. The lowest BCUT2D eigenvalue weighted by Crippen LogP contribution is -2.36. The highest BCUT2D eigenvalue weighted by atomic mass is 19.1. The predicted molar refractivity (Wildman–Crippen MR) is 70.5 cm³/mol. The Balaban J connectivity index is 2.56. The highest BCUT2D eigenvalue weighted by Crippen LogP contribution is 2.14. The first-order valence-electron chi connectivity index (χ1n) is 6.36. The average Bonchev–Trinajstić information content (AvgIpc) is 2.33. The largest absolute Gasteiger partial charge is 0.353 e. The van der Waals surface area contributed by atoms with Gasteiger partial charge in [-0.2, -0.15) is 0 Å². The van der Waals surface area contributed by atoms with Crippen molar-refractivity contribution in [2.45, 2.75) is 32.7 Å². The van der Waals surface area contributed by atoms with Crippen LogP contribution in [0.5, 0.6) is 0 Å². The summed E-state index contributed by atoms with van der Waals surface area (Å²) >= 11 is 0. The van der Waals surface area contributed by atoms with Crippen molar-refractivity contribution >= 4 is 5.91 Å². The Labute approximate surface area is 112 Å². The van der Waals surface area contributed by atoms with E-state index in [-0.39, 0.29) is 29.9 Å². The fourth-order valence-corrected chi connectivity index (χ4v) is 1.82. The van der Waals surface area contributed by atoms with Gasteiger partial charge in [0.2, 0.25) is 5.91 Å². The Morgan fingerprint density at radius 2 is 1.89 bits per heavy atom. The van der Waals surface area contributed by atoms with Crippen molar-refractivity contribution in [3.8, 4) is 0 Å². The minimum absolute atomic E-state index is 0.00201. The zero-order valence-corrected chi connectivity index (χ0v) is 11.2. The first kappa shape index (κ1) is 15.6. The molecule has 5 heteroatoms. The Morgan fingerprint density at radius 3 is 2.42 bits per heavy atom. The number of hydrogen-bond acceptors (Lipinski definition) is 2. The lowest BCUT2D eigenvalue weighted by molar-refractivity contribution is -0.122. The highest BCUT2D eigenvalue weighted by molar-refractivity contribution is 5.76. The van der Waals surface area contributed by atoms with Crippen LogP contribution in [0, 0.1) is 17.6 Å². The molecule has 0 aliphatic heterocycles. The van der Waals surface area contributed by atoms with Crippen molar-refractivity contribution in [2.75, 3.05) is 6.54 Å². The summed E-state index contributed by atoms with van der Waals surface area (Å²) in [6.07, 6.45) is 0.446. The van der Waals surface area contributed by atoms with Crippen LogP contribution in [0.1, 0.15) is 25.8 Å². The maximum atomic E-state index is 13.4. The molecule has 0 aliphatic carbocycles. The number of nitrogens with one attached hydrogen (secondary N) is 1. The van der Waals surface area contributed by atoms with E-state index in [1.54, 1.807) is 6.92 Å². The van der Waals surface area contributed by atoms with Crippen molar-refractivity contribution in [3.63, 3.8) is 0 Å². The van der Waals surface area contributed by atoms with Gasteiger partial charge in [-0.15, -0.1) is 0 Å². The molecule has 1 aromatic carbocycles. The third-order valence-corrected chi connectivity index (χ3v) is 2.92. The lowest BCUT2D eigenvalue weighted by Gasteiger charge is -2.16. The van der Waals surface area contributed by atoms with Gasteiger partial charge in [0.1, 0.15) is 11.6 Å². The molecule has 2 atom stereocenters. The third-order valence-electron chi connectivity index (χ3n) is 2.92. The number of carbonyl (C=O) groups is 1. The summed E-state index contributed by atoms with van der Waals surface area (Å²) in [6, 6.07) is 3.41. The molecule has 0 aliphatic rings. The van der Waals surface area contributed by atoms with Crippen LogP contribution in [0.4, 0.5) is 8.78 Å². The van der Waals surface area contributed by atoms with Crippen LogP contribution in [0.3, 0.4) is 0 Å². The Hall–Kier alpha value is -1.49. The van der Waals surface area contributed by atoms with E-state index in [2.05, 4.69) is 5.32 Å². The van der Waals surface area contributed by atoms with E-state index in [4.69, 9.17) is 5.73 Å². The van der Waals surface area contributed by atoms with Gasteiger partial charge in [0.05, 0.1) is 0 Å². The molecule has 19 heavy (non-hydrogen) atoms. The summed E-state index contributed by atoms with van der Waals surface area (Å²) in [7, 11) is 0. The van der Waals surface area contributed by atoms with Gasteiger partial charge >= 0.3 is 0 Å². The van der Waals surface area contributed by atoms with Gasteiger partial charge in [-0.05, 0) is 37.9 Å². The quantitative estimate of drug-likeness (QED) is 0.830. The van der Waals surface area contributed by atoms with Gasteiger partial charge in [0.25, 0.3) is 0 Å². The molecule has 0 radical (unpaired) electrons. The number of benzene rings is 1. The van der Waals surface area contributed by atoms with Crippen molar-refractivity contribution in [3.05, 3.63) is 35.4 Å². The van der Waals surface area contributed by atoms with Gasteiger partial charge < -0.3 is 11.1 Å². The maximum Gasteiger partial charge on any atom is 0.220 e. The molecule has 0 saturated heterocycles. The summed E-state index contributed by atoms with van der Waals surface area (Å²) < 4.78 is 26.9. The molecule has 0 heterocycles. The first-order chi connectivity index (χ1) is 8.93. The molecule has 3 nitrogen and oxygen atoms in total. The number of hydrogen-bond donors (Lipinski definition) is 2. The summed E-state index contributed by atoms with van der Waals surface area (Å²) in [4.78, 5) is 11.6. The van der Waals surface area contributed by atoms with Crippen molar-refractivity contribution in [1.29, 1.82) is 0 Å². The smallest absolute Gasteiger partial charge is 0.220 e. The third kappa shape index (κ3) is 4.95. The van der Waals surface area contributed by atoms with E-state index in [1.165, 1.54) is 18.2 Å². The molecule has 0 saturated carbocycles. The highest BCUT2D eigenvalue weighted by Gasteiger charge is 2.15. The van der Waals surface area contributed by atoms with Crippen LogP contribution in [0.2, 0.25) is 0 Å². The Kier molecular flexibility index (Phi) is 5.89. The monoisotopic (exact) mass is 270 g/mol. The zero-order chi connectivity index (χ0) is 14.4.